The van der Waals surface area contributed by atoms with Crippen molar-refractivity contribution in [2.24, 2.45) is 5.92 Å². The van der Waals surface area contributed by atoms with E-state index < -0.39 is 0 Å². The maximum atomic E-state index is 9.76. The van der Waals surface area contributed by atoms with Gasteiger partial charge in [-0.3, -0.25) is 0 Å². The molecule has 2 unspecified atom stereocenters. The molecule has 2 nitrogen and oxygen atoms in total. The molecule has 0 aliphatic carbocycles. The summed E-state index contributed by atoms with van der Waals surface area (Å²) in [7, 11) is 1.69. The lowest BCUT2D eigenvalue weighted by atomic mass is 10.0. The first kappa shape index (κ1) is 10.7. The van der Waals surface area contributed by atoms with Crippen LogP contribution in [0.4, 0.5) is 0 Å². The summed E-state index contributed by atoms with van der Waals surface area (Å²) in [6, 6.07) is 1.97. The van der Waals surface area contributed by atoms with E-state index >= 15 is 0 Å². The van der Waals surface area contributed by atoms with Crippen LogP contribution in [-0.4, -0.2) is 18.8 Å². The predicted molar refractivity (Wildman–Crippen MR) is 54.9 cm³/mol. The highest BCUT2D eigenvalue weighted by molar-refractivity contribution is 7.07. The summed E-state index contributed by atoms with van der Waals surface area (Å²) < 4.78 is 5.01. The third-order valence-electron chi connectivity index (χ3n) is 2.00. The van der Waals surface area contributed by atoms with E-state index in [2.05, 4.69) is 6.92 Å². The lowest BCUT2D eigenvalue weighted by molar-refractivity contribution is 0.102. The maximum absolute atomic E-state index is 9.76. The zero-order valence-electron chi connectivity index (χ0n) is 8.06. The fraction of sp³-hybridized carbons (Fsp3) is 0.600. The molecule has 0 bridgehead atoms. The van der Waals surface area contributed by atoms with Crippen LogP contribution in [0.5, 0.6) is 0 Å². The fourth-order valence-electron chi connectivity index (χ4n) is 1.33. The molecule has 2 atom stereocenters. The molecule has 1 aromatic heterocycles. The average Bonchev–Trinajstić information content (AvgIpc) is 2.55. The Morgan fingerprint density at radius 2 is 2.38 bits per heavy atom. The normalized spacial score (nSPS) is 15.6. The van der Waals surface area contributed by atoms with Gasteiger partial charge in [-0.25, -0.2) is 0 Å². The molecular weight excluding hydrogens is 184 g/mol. The number of aliphatic hydroxyl groups is 1. The minimum absolute atomic E-state index is 0.337. The monoisotopic (exact) mass is 200 g/mol. The van der Waals surface area contributed by atoms with E-state index in [0.29, 0.717) is 12.5 Å². The van der Waals surface area contributed by atoms with Gasteiger partial charge < -0.3 is 9.84 Å². The molecule has 1 N–H and O–H groups in total. The smallest absolute Gasteiger partial charge is 0.0801 e. The zero-order chi connectivity index (χ0) is 9.68. The van der Waals surface area contributed by atoms with E-state index in [1.807, 2.05) is 16.8 Å². The molecule has 0 aliphatic heterocycles. The van der Waals surface area contributed by atoms with Crippen LogP contribution in [0.1, 0.15) is 25.0 Å². The summed E-state index contributed by atoms with van der Waals surface area (Å²) in [6.07, 6.45) is 0.432. The van der Waals surface area contributed by atoms with Crippen LogP contribution in [0, 0.1) is 5.92 Å². The Morgan fingerprint density at radius 3 is 2.92 bits per heavy atom. The van der Waals surface area contributed by atoms with E-state index in [0.717, 1.165) is 12.0 Å². The van der Waals surface area contributed by atoms with E-state index in [-0.39, 0.29) is 6.10 Å². The number of ether oxygens (including phenoxy) is 1. The van der Waals surface area contributed by atoms with Crippen LogP contribution in [-0.2, 0) is 4.74 Å². The summed E-state index contributed by atoms with van der Waals surface area (Å²) >= 11 is 1.62. The standard InChI is InChI=1S/C10H16O2S/c1-8(6-12-2)5-10(11)9-3-4-13-7-9/h3-4,7-8,10-11H,5-6H2,1-2H3. The van der Waals surface area contributed by atoms with Crippen LogP contribution in [0.2, 0.25) is 0 Å². The highest BCUT2D eigenvalue weighted by Gasteiger charge is 2.12. The Hall–Kier alpha value is -0.380. The average molecular weight is 200 g/mol. The molecule has 0 aliphatic rings. The zero-order valence-corrected chi connectivity index (χ0v) is 8.88. The molecule has 0 aromatic carbocycles. The Bertz CT molecular complexity index is 221. The Kier molecular flexibility index (Phi) is 4.42. The molecule has 3 heteroatoms. The second-order valence-electron chi connectivity index (χ2n) is 3.37. The van der Waals surface area contributed by atoms with Crippen molar-refractivity contribution in [1.29, 1.82) is 0 Å². The SMILES string of the molecule is COCC(C)CC(O)c1ccsc1. The minimum atomic E-state index is -0.337. The Labute approximate surface area is 83.2 Å². The molecule has 0 spiro atoms. The first-order valence-electron chi connectivity index (χ1n) is 4.43. The van der Waals surface area contributed by atoms with Gasteiger partial charge in [0.25, 0.3) is 0 Å². The molecule has 1 heterocycles. The lowest BCUT2D eigenvalue weighted by Gasteiger charge is -2.14. The summed E-state index contributed by atoms with van der Waals surface area (Å²) in [6.45, 7) is 2.79. The topological polar surface area (TPSA) is 29.5 Å². The molecule has 0 radical (unpaired) electrons. The maximum Gasteiger partial charge on any atom is 0.0801 e. The van der Waals surface area contributed by atoms with Gasteiger partial charge in [0.05, 0.1) is 6.10 Å². The van der Waals surface area contributed by atoms with Crippen molar-refractivity contribution in [2.75, 3.05) is 13.7 Å². The van der Waals surface area contributed by atoms with Crippen LogP contribution < -0.4 is 0 Å². The molecule has 0 saturated heterocycles. The van der Waals surface area contributed by atoms with Crippen LogP contribution in [0.3, 0.4) is 0 Å². The number of rotatable bonds is 5. The van der Waals surface area contributed by atoms with Crippen molar-refractivity contribution in [3.05, 3.63) is 22.4 Å². The van der Waals surface area contributed by atoms with Crippen LogP contribution >= 0.6 is 11.3 Å². The van der Waals surface area contributed by atoms with Gasteiger partial charge in [-0.15, -0.1) is 0 Å². The predicted octanol–water partition coefficient (Wildman–Crippen LogP) is 2.45. The molecule has 1 aromatic rings. The van der Waals surface area contributed by atoms with Gasteiger partial charge in [0.2, 0.25) is 0 Å². The third-order valence-corrected chi connectivity index (χ3v) is 2.71. The first-order chi connectivity index (χ1) is 6.24. The van der Waals surface area contributed by atoms with Gasteiger partial charge in [0.1, 0.15) is 0 Å². The molecular formula is C10H16O2S. The molecule has 1 rings (SSSR count). The quantitative estimate of drug-likeness (QED) is 0.791. The summed E-state index contributed by atoms with van der Waals surface area (Å²) in [5, 5.41) is 13.7. The largest absolute Gasteiger partial charge is 0.388 e. The van der Waals surface area contributed by atoms with Crippen molar-refractivity contribution in [2.45, 2.75) is 19.4 Å². The summed E-state index contributed by atoms with van der Waals surface area (Å²) in [5.74, 6) is 0.403. The van der Waals surface area contributed by atoms with Crippen molar-refractivity contribution in [3.63, 3.8) is 0 Å². The molecule has 0 saturated carbocycles. The van der Waals surface area contributed by atoms with Crippen molar-refractivity contribution in [3.8, 4) is 0 Å². The number of hydrogen-bond acceptors (Lipinski definition) is 3. The molecule has 74 valence electrons. The lowest BCUT2D eigenvalue weighted by Crippen LogP contribution is -2.08. The van der Waals surface area contributed by atoms with E-state index in [4.69, 9.17) is 4.74 Å². The van der Waals surface area contributed by atoms with Gasteiger partial charge in [-0.2, -0.15) is 11.3 Å². The van der Waals surface area contributed by atoms with Crippen molar-refractivity contribution in [1.82, 2.24) is 0 Å². The van der Waals surface area contributed by atoms with Crippen molar-refractivity contribution < 1.29 is 9.84 Å². The van der Waals surface area contributed by atoms with Crippen molar-refractivity contribution >= 4 is 11.3 Å². The van der Waals surface area contributed by atoms with Gasteiger partial charge in [0, 0.05) is 13.7 Å². The number of methoxy groups -OCH3 is 1. The Morgan fingerprint density at radius 1 is 1.62 bits per heavy atom. The van der Waals surface area contributed by atoms with Crippen LogP contribution in [0.25, 0.3) is 0 Å². The first-order valence-corrected chi connectivity index (χ1v) is 5.37. The second-order valence-corrected chi connectivity index (χ2v) is 4.15. The number of thiophene rings is 1. The number of aliphatic hydroxyl groups excluding tert-OH is 1. The van der Waals surface area contributed by atoms with E-state index in [1.165, 1.54) is 0 Å². The Balaban J connectivity index is 2.37. The second kappa shape index (κ2) is 5.37. The molecule has 0 amide bonds. The fourth-order valence-corrected chi connectivity index (χ4v) is 2.04. The summed E-state index contributed by atoms with van der Waals surface area (Å²) in [5.41, 5.74) is 1.02. The summed E-state index contributed by atoms with van der Waals surface area (Å²) in [4.78, 5) is 0. The highest BCUT2D eigenvalue weighted by Crippen LogP contribution is 2.22. The highest BCUT2D eigenvalue weighted by atomic mass is 32.1. The molecule has 13 heavy (non-hydrogen) atoms. The van der Waals surface area contributed by atoms with Gasteiger partial charge in [-0.05, 0) is 34.7 Å². The number of hydrogen-bond donors (Lipinski definition) is 1. The van der Waals surface area contributed by atoms with Gasteiger partial charge in [-0.1, -0.05) is 6.92 Å². The van der Waals surface area contributed by atoms with E-state index in [9.17, 15) is 5.11 Å². The van der Waals surface area contributed by atoms with E-state index in [1.54, 1.807) is 18.4 Å². The third kappa shape index (κ3) is 3.46. The van der Waals surface area contributed by atoms with Crippen LogP contribution in [0.15, 0.2) is 16.8 Å². The minimum Gasteiger partial charge on any atom is -0.388 e. The molecule has 0 fully saturated rings. The van der Waals surface area contributed by atoms with Gasteiger partial charge >= 0.3 is 0 Å². The van der Waals surface area contributed by atoms with Gasteiger partial charge in [0.15, 0.2) is 0 Å².